The lowest BCUT2D eigenvalue weighted by Gasteiger charge is -2.27. The van der Waals surface area contributed by atoms with Gasteiger partial charge in [0.2, 0.25) is 0 Å². The molecule has 0 aliphatic rings. The van der Waals surface area contributed by atoms with Gasteiger partial charge in [-0.25, -0.2) is 14.4 Å². The molecule has 0 spiro atoms. The molecule has 0 atom stereocenters. The Morgan fingerprint density at radius 3 is 1.10 bits per heavy atom. The lowest BCUT2D eigenvalue weighted by atomic mass is 9.94. The predicted octanol–water partition coefficient (Wildman–Crippen LogP) is 3.54. The highest BCUT2D eigenvalue weighted by atomic mass is 32.2. The molecular weight excluding hydrogens is 444 g/mol. The average Bonchev–Trinajstić information content (AvgIpc) is 2.70. The van der Waals surface area contributed by atoms with E-state index >= 15 is 0 Å². The molecule has 0 fully saturated rings. The molecule has 0 amide bonds. The van der Waals surface area contributed by atoms with E-state index in [4.69, 9.17) is 28.4 Å². The molecule has 0 bridgehead atoms. The van der Waals surface area contributed by atoms with Crippen LogP contribution in [-0.4, -0.2) is 94.1 Å². The predicted molar refractivity (Wildman–Crippen MR) is 115 cm³/mol. The third-order valence-corrected chi connectivity index (χ3v) is 4.86. The van der Waals surface area contributed by atoms with Gasteiger partial charge in [-0.3, -0.25) is 0 Å². The van der Waals surface area contributed by atoms with Crippen molar-refractivity contribution in [2.24, 2.45) is 5.41 Å². The second-order valence-corrected chi connectivity index (χ2v) is 8.91. The first kappa shape index (κ1) is 27.9. The average molecular weight is 475 g/mol. The van der Waals surface area contributed by atoms with Crippen LogP contribution in [0.1, 0.15) is 6.92 Å². The van der Waals surface area contributed by atoms with Gasteiger partial charge in [-0.15, -0.1) is 0 Å². The van der Waals surface area contributed by atoms with Gasteiger partial charge in [-0.05, 0) is 25.7 Å². The van der Waals surface area contributed by atoms with E-state index in [-0.39, 0.29) is 39.6 Å². The number of carbonyl (C=O) groups is 3. The van der Waals surface area contributed by atoms with E-state index < -0.39 is 23.9 Å². The molecule has 0 N–H and O–H groups in total. The van der Waals surface area contributed by atoms with Crippen LogP contribution in [0.2, 0.25) is 0 Å². The standard InChI is InChI=1S/C17H30O9S3/c1-17(11-24-14(18)21-5-8-27-2,12-25-15(19)22-6-9-28-3)13-26-16(20)23-7-10-29-4/h5-13H2,1-4H3. The van der Waals surface area contributed by atoms with E-state index in [2.05, 4.69) is 0 Å². The van der Waals surface area contributed by atoms with E-state index in [1.807, 2.05) is 18.8 Å². The molecule has 0 aliphatic heterocycles. The van der Waals surface area contributed by atoms with Crippen molar-refractivity contribution in [3.63, 3.8) is 0 Å². The Balaban J connectivity index is 4.60. The molecule has 0 rings (SSSR count). The molecule has 12 heteroatoms. The zero-order valence-corrected chi connectivity index (χ0v) is 19.7. The van der Waals surface area contributed by atoms with Crippen LogP contribution in [-0.2, 0) is 28.4 Å². The van der Waals surface area contributed by atoms with Crippen LogP contribution in [0.4, 0.5) is 14.4 Å². The zero-order chi connectivity index (χ0) is 22.0. The zero-order valence-electron chi connectivity index (χ0n) is 17.3. The summed E-state index contributed by atoms with van der Waals surface area (Å²) in [6.07, 6.45) is 3.10. The molecular formula is C17H30O9S3. The summed E-state index contributed by atoms with van der Waals surface area (Å²) >= 11 is 4.58. The Bertz CT molecular complexity index is 412. The SMILES string of the molecule is CSCCOC(=O)OCC(C)(COC(=O)OCCSC)COC(=O)OCCSC. The Kier molecular flexibility index (Phi) is 17.0. The van der Waals surface area contributed by atoms with Gasteiger partial charge in [0.1, 0.15) is 39.6 Å². The second kappa shape index (κ2) is 17.7. The molecule has 0 aromatic carbocycles. The molecule has 0 saturated heterocycles. The monoisotopic (exact) mass is 474 g/mol. The van der Waals surface area contributed by atoms with Crippen LogP contribution in [0, 0.1) is 5.41 Å². The molecule has 0 aromatic heterocycles. The van der Waals surface area contributed by atoms with Crippen LogP contribution >= 0.6 is 35.3 Å². The Morgan fingerprint density at radius 2 is 0.862 bits per heavy atom. The highest BCUT2D eigenvalue weighted by Crippen LogP contribution is 2.20. The topological polar surface area (TPSA) is 107 Å². The van der Waals surface area contributed by atoms with Crippen LogP contribution < -0.4 is 0 Å². The van der Waals surface area contributed by atoms with Crippen molar-refractivity contribution < 1.29 is 42.8 Å². The third kappa shape index (κ3) is 16.4. The molecule has 0 unspecified atom stereocenters. The van der Waals surface area contributed by atoms with Crippen LogP contribution in [0.25, 0.3) is 0 Å². The first-order valence-corrected chi connectivity index (χ1v) is 12.9. The lowest BCUT2D eigenvalue weighted by molar-refractivity contribution is -0.0445. The van der Waals surface area contributed by atoms with E-state index in [1.165, 1.54) is 35.3 Å². The van der Waals surface area contributed by atoms with Crippen molar-refractivity contribution in [1.29, 1.82) is 0 Å². The molecule has 0 radical (unpaired) electrons. The summed E-state index contributed by atoms with van der Waals surface area (Å²) in [7, 11) is 0. The number of rotatable bonds is 15. The van der Waals surface area contributed by atoms with E-state index in [1.54, 1.807) is 6.92 Å². The van der Waals surface area contributed by atoms with E-state index in [9.17, 15) is 14.4 Å². The number of hydrogen-bond donors (Lipinski definition) is 0. The Morgan fingerprint density at radius 1 is 0.586 bits per heavy atom. The third-order valence-electron chi connectivity index (χ3n) is 3.14. The van der Waals surface area contributed by atoms with Gasteiger partial charge in [-0.1, -0.05) is 0 Å². The fourth-order valence-corrected chi connectivity index (χ4v) is 2.32. The van der Waals surface area contributed by atoms with E-state index in [0.29, 0.717) is 17.3 Å². The van der Waals surface area contributed by atoms with Gasteiger partial charge in [0.05, 0.1) is 5.41 Å². The summed E-state index contributed by atoms with van der Waals surface area (Å²) < 4.78 is 29.9. The molecule has 170 valence electrons. The van der Waals surface area contributed by atoms with Crippen molar-refractivity contribution in [3.05, 3.63) is 0 Å². The molecule has 0 heterocycles. The van der Waals surface area contributed by atoms with Crippen LogP contribution in [0.5, 0.6) is 0 Å². The number of carbonyl (C=O) groups excluding carboxylic acids is 3. The maximum atomic E-state index is 11.7. The second-order valence-electron chi connectivity index (χ2n) is 5.95. The Labute approximate surface area is 184 Å². The minimum atomic E-state index is -1.00. The molecule has 0 aromatic rings. The van der Waals surface area contributed by atoms with Crippen molar-refractivity contribution in [3.8, 4) is 0 Å². The summed E-state index contributed by atoms with van der Waals surface area (Å²) in [6.45, 7) is 1.70. The number of hydrogen-bond acceptors (Lipinski definition) is 12. The van der Waals surface area contributed by atoms with Gasteiger partial charge in [0.25, 0.3) is 0 Å². The minimum absolute atomic E-state index is 0.193. The maximum Gasteiger partial charge on any atom is 0.508 e. The summed E-state index contributed by atoms with van der Waals surface area (Å²) in [5.74, 6) is 1.92. The lowest BCUT2D eigenvalue weighted by Crippen LogP contribution is -2.37. The first-order valence-electron chi connectivity index (χ1n) is 8.72. The van der Waals surface area contributed by atoms with Gasteiger partial charge in [-0.2, -0.15) is 35.3 Å². The van der Waals surface area contributed by atoms with Crippen molar-refractivity contribution >= 4 is 53.8 Å². The normalized spacial score (nSPS) is 10.8. The summed E-state index contributed by atoms with van der Waals surface area (Å²) in [6, 6.07) is 0. The van der Waals surface area contributed by atoms with Crippen LogP contribution in [0.3, 0.4) is 0 Å². The molecule has 29 heavy (non-hydrogen) atoms. The minimum Gasteiger partial charge on any atom is -0.433 e. The highest BCUT2D eigenvalue weighted by molar-refractivity contribution is 7.99. The van der Waals surface area contributed by atoms with Gasteiger partial charge in [0.15, 0.2) is 0 Å². The van der Waals surface area contributed by atoms with Crippen molar-refractivity contribution in [1.82, 2.24) is 0 Å². The van der Waals surface area contributed by atoms with Crippen LogP contribution in [0.15, 0.2) is 0 Å². The smallest absolute Gasteiger partial charge is 0.433 e. The van der Waals surface area contributed by atoms with Crippen molar-refractivity contribution in [2.75, 3.05) is 75.7 Å². The molecule has 0 aliphatic carbocycles. The maximum absolute atomic E-state index is 11.7. The number of thioether (sulfide) groups is 3. The van der Waals surface area contributed by atoms with Gasteiger partial charge >= 0.3 is 18.5 Å². The van der Waals surface area contributed by atoms with Gasteiger partial charge < -0.3 is 28.4 Å². The largest absolute Gasteiger partial charge is 0.508 e. The summed E-state index contributed by atoms with van der Waals surface area (Å²) in [5, 5.41) is 0. The fourth-order valence-electron chi connectivity index (χ4n) is 1.57. The molecule has 9 nitrogen and oxygen atoms in total. The van der Waals surface area contributed by atoms with Gasteiger partial charge in [0, 0.05) is 17.3 Å². The Hall–Kier alpha value is -1.14. The first-order chi connectivity index (χ1) is 13.9. The quantitative estimate of drug-likeness (QED) is 0.197. The molecule has 0 saturated carbocycles. The summed E-state index contributed by atoms with van der Waals surface area (Å²) in [5.41, 5.74) is -1.00. The highest BCUT2D eigenvalue weighted by Gasteiger charge is 2.31. The fraction of sp³-hybridized carbons (Fsp3) is 0.824. The van der Waals surface area contributed by atoms with E-state index in [0.717, 1.165) is 0 Å². The summed E-state index contributed by atoms with van der Waals surface area (Å²) in [4.78, 5) is 35.0. The number of ether oxygens (including phenoxy) is 6. The van der Waals surface area contributed by atoms with Crippen molar-refractivity contribution in [2.45, 2.75) is 6.92 Å².